The third-order valence-corrected chi connectivity index (χ3v) is 9.38. The first-order valence-corrected chi connectivity index (χ1v) is 15.3. The minimum Gasteiger partial charge on any atom is -0.760 e. The first-order chi connectivity index (χ1) is 17.8. The topological polar surface area (TPSA) is 138 Å². The second-order valence-corrected chi connectivity index (χ2v) is 12.8. The maximum atomic E-state index is 13.8. The minimum atomic E-state index is -3.94. The number of hydrogen-bond acceptors (Lipinski definition) is 9. The summed E-state index contributed by atoms with van der Waals surface area (Å²) in [6, 6.07) is 22.6. The first-order valence-electron chi connectivity index (χ1n) is 10.9. The summed E-state index contributed by atoms with van der Waals surface area (Å²) in [5.41, 5.74) is 3.23. The summed E-state index contributed by atoms with van der Waals surface area (Å²) in [5, 5.41) is 6.73. The average Bonchev–Trinajstić information content (AvgIpc) is 3.49. The molecule has 0 saturated heterocycles. The van der Waals surface area contributed by atoms with E-state index in [4.69, 9.17) is 4.42 Å². The van der Waals surface area contributed by atoms with Gasteiger partial charge in [-0.1, -0.05) is 64.5 Å². The molecule has 0 aliphatic heterocycles. The Labute approximate surface area is 227 Å². The molecule has 2 atom stereocenters. The fraction of sp³-hybridized carbons (Fsp3) is 0.125. The van der Waals surface area contributed by atoms with Gasteiger partial charge in [0.25, 0.3) is 0 Å². The summed E-state index contributed by atoms with van der Waals surface area (Å²) < 4.78 is 58.5. The van der Waals surface area contributed by atoms with Crippen LogP contribution in [0.2, 0.25) is 0 Å². The molecule has 13 heteroatoms. The molecule has 0 saturated carbocycles. The molecular formula is C24H18BrN4O5S3-. The van der Waals surface area contributed by atoms with Gasteiger partial charge in [-0.15, -0.1) is 21.5 Å². The van der Waals surface area contributed by atoms with Crippen LogP contribution in [-0.4, -0.2) is 32.4 Å². The Morgan fingerprint density at radius 2 is 1.84 bits per heavy atom. The van der Waals surface area contributed by atoms with Gasteiger partial charge in [0, 0.05) is 15.7 Å². The van der Waals surface area contributed by atoms with Gasteiger partial charge in [0.2, 0.25) is 11.8 Å². The Morgan fingerprint density at radius 3 is 2.59 bits per heavy atom. The highest BCUT2D eigenvalue weighted by Gasteiger charge is 2.37. The molecule has 0 aliphatic carbocycles. The Morgan fingerprint density at radius 1 is 1.03 bits per heavy atom. The van der Waals surface area contributed by atoms with Crippen LogP contribution in [0.3, 0.4) is 0 Å². The minimum absolute atomic E-state index is 0.0608. The van der Waals surface area contributed by atoms with E-state index in [1.165, 1.54) is 11.3 Å². The summed E-state index contributed by atoms with van der Waals surface area (Å²) in [7, 11) is -3.94. The molecule has 0 spiro atoms. The van der Waals surface area contributed by atoms with Crippen LogP contribution in [0.4, 0.5) is 0 Å². The summed E-state index contributed by atoms with van der Waals surface area (Å²) in [5.74, 6) is -0.525. The molecule has 3 aromatic carbocycles. The predicted octanol–water partition coefficient (Wildman–Crippen LogP) is 4.70. The van der Waals surface area contributed by atoms with E-state index in [0.29, 0.717) is 11.1 Å². The number of benzene rings is 3. The lowest BCUT2D eigenvalue weighted by Crippen LogP contribution is -2.17. The van der Waals surface area contributed by atoms with Crippen LogP contribution in [0.25, 0.3) is 21.3 Å². The second kappa shape index (κ2) is 10.9. The highest BCUT2D eigenvalue weighted by atomic mass is 79.9. The molecule has 37 heavy (non-hydrogen) atoms. The van der Waals surface area contributed by atoms with Crippen molar-refractivity contribution in [2.24, 2.45) is 0 Å². The van der Waals surface area contributed by atoms with Crippen molar-refractivity contribution in [1.82, 2.24) is 19.9 Å². The number of nitrogens with one attached hydrogen (secondary N) is 1. The number of sulfone groups is 1. The van der Waals surface area contributed by atoms with Gasteiger partial charge < -0.3 is 8.97 Å². The summed E-state index contributed by atoms with van der Waals surface area (Å²) in [6.07, 6.45) is 0. The summed E-state index contributed by atoms with van der Waals surface area (Å²) in [4.78, 5) is 4.62. The zero-order valence-electron chi connectivity index (χ0n) is 18.9. The monoisotopic (exact) mass is 617 g/mol. The van der Waals surface area contributed by atoms with Crippen LogP contribution >= 0.6 is 27.3 Å². The SMILES string of the molecule is O=S([O-])NCc1nnc(C(c2nc3ccc(-c4ccccc4)cc3s2)S(=O)(=O)Cc2cccc(Br)c2)o1. The van der Waals surface area contributed by atoms with Gasteiger partial charge in [0.15, 0.2) is 15.1 Å². The smallest absolute Gasteiger partial charge is 0.241 e. The first kappa shape index (κ1) is 25.8. The van der Waals surface area contributed by atoms with E-state index in [9.17, 15) is 17.2 Å². The molecule has 5 aromatic rings. The molecule has 190 valence electrons. The highest BCUT2D eigenvalue weighted by molar-refractivity contribution is 9.10. The fourth-order valence-electron chi connectivity index (χ4n) is 3.78. The molecule has 0 bridgehead atoms. The number of fused-ring (bicyclic) bond motifs is 1. The second-order valence-electron chi connectivity index (χ2n) is 8.01. The van der Waals surface area contributed by atoms with E-state index >= 15 is 0 Å². The largest absolute Gasteiger partial charge is 0.760 e. The number of nitrogens with zero attached hydrogens (tertiary/aromatic N) is 3. The van der Waals surface area contributed by atoms with Crippen molar-refractivity contribution in [1.29, 1.82) is 0 Å². The number of rotatable bonds is 9. The summed E-state index contributed by atoms with van der Waals surface area (Å²) >= 11 is 2.07. The molecule has 1 N–H and O–H groups in total. The average molecular weight is 619 g/mol. The van der Waals surface area contributed by atoms with Crippen molar-refractivity contribution in [2.45, 2.75) is 17.5 Å². The third-order valence-electron chi connectivity index (χ3n) is 5.40. The molecule has 0 fully saturated rings. The normalized spacial score (nSPS) is 13.6. The molecule has 2 heterocycles. The van der Waals surface area contributed by atoms with E-state index < -0.39 is 26.4 Å². The molecule has 9 nitrogen and oxygen atoms in total. The Kier molecular flexibility index (Phi) is 7.60. The van der Waals surface area contributed by atoms with Crippen LogP contribution < -0.4 is 4.72 Å². The van der Waals surface area contributed by atoms with E-state index in [1.807, 2.05) is 54.6 Å². The zero-order valence-corrected chi connectivity index (χ0v) is 22.9. The predicted molar refractivity (Wildman–Crippen MR) is 144 cm³/mol. The number of aromatic nitrogens is 3. The van der Waals surface area contributed by atoms with Gasteiger partial charge in [0.1, 0.15) is 5.01 Å². The number of thiazole rings is 1. The molecule has 2 aromatic heterocycles. The van der Waals surface area contributed by atoms with Crippen molar-refractivity contribution in [2.75, 3.05) is 0 Å². The number of hydrogen-bond donors (Lipinski definition) is 1. The van der Waals surface area contributed by atoms with Crippen molar-refractivity contribution in [3.8, 4) is 11.1 Å². The lowest BCUT2D eigenvalue weighted by molar-refractivity contribution is 0.440. The van der Waals surface area contributed by atoms with Crippen molar-refractivity contribution < 1.29 is 21.6 Å². The van der Waals surface area contributed by atoms with Gasteiger partial charge in [0.05, 0.1) is 22.5 Å². The van der Waals surface area contributed by atoms with Crippen LogP contribution in [-0.2, 0) is 33.4 Å². The lowest BCUT2D eigenvalue weighted by atomic mass is 10.1. The molecule has 0 aliphatic rings. The highest BCUT2D eigenvalue weighted by Crippen LogP contribution is 2.38. The quantitative estimate of drug-likeness (QED) is 0.235. The van der Waals surface area contributed by atoms with E-state index in [1.54, 1.807) is 18.2 Å². The van der Waals surface area contributed by atoms with Gasteiger partial charge in [-0.05, 0) is 41.0 Å². The van der Waals surface area contributed by atoms with Crippen LogP contribution in [0, 0.1) is 0 Å². The molecule has 5 rings (SSSR count). The maximum absolute atomic E-state index is 13.8. The molecule has 0 radical (unpaired) electrons. The Balaban J connectivity index is 1.57. The zero-order chi connectivity index (χ0) is 26.0. The van der Waals surface area contributed by atoms with E-state index in [2.05, 4.69) is 35.8 Å². The Bertz CT molecular complexity index is 1690. The van der Waals surface area contributed by atoms with Crippen molar-refractivity contribution >= 4 is 58.6 Å². The van der Waals surface area contributed by atoms with Crippen molar-refractivity contribution in [3.63, 3.8) is 0 Å². The van der Waals surface area contributed by atoms with Gasteiger partial charge >= 0.3 is 0 Å². The van der Waals surface area contributed by atoms with Crippen molar-refractivity contribution in [3.05, 3.63) is 99.6 Å². The lowest BCUT2D eigenvalue weighted by Gasteiger charge is -2.12. The van der Waals surface area contributed by atoms with Gasteiger partial charge in [-0.2, -0.15) is 0 Å². The third kappa shape index (κ3) is 6.03. The van der Waals surface area contributed by atoms with Gasteiger partial charge in [-0.3, -0.25) is 4.21 Å². The molecule has 2 unspecified atom stereocenters. The number of halogens is 1. The molecule has 0 amide bonds. The van der Waals surface area contributed by atoms with Crippen LogP contribution in [0.15, 0.2) is 81.7 Å². The fourth-order valence-corrected chi connectivity index (χ4v) is 7.61. The standard InChI is InChI=1S/C24H19BrN4O5S3/c25-18-8-4-5-15(11-18)14-37(32,33)22(23-29-28-21(34-23)13-26-36(30)31)24-27-19-10-9-17(12-20(19)35-24)16-6-2-1-3-7-16/h1-12,22,26H,13-14H2,(H,30,31)/p-1. The van der Waals surface area contributed by atoms with Crippen LogP contribution in [0.1, 0.15) is 27.6 Å². The maximum Gasteiger partial charge on any atom is 0.241 e. The Hall–Kier alpha value is -2.81. The molecular weight excluding hydrogens is 600 g/mol. The van der Waals surface area contributed by atoms with Gasteiger partial charge in [-0.25, -0.2) is 18.1 Å². The van der Waals surface area contributed by atoms with E-state index in [-0.39, 0.29) is 29.1 Å². The van der Waals surface area contributed by atoms with E-state index in [0.717, 1.165) is 20.3 Å². The summed E-state index contributed by atoms with van der Waals surface area (Å²) in [6.45, 7) is -0.262. The van der Waals surface area contributed by atoms with Crippen LogP contribution in [0.5, 0.6) is 0 Å².